The van der Waals surface area contributed by atoms with Crippen molar-refractivity contribution in [2.24, 2.45) is 0 Å². The van der Waals surface area contributed by atoms with E-state index in [2.05, 4.69) is 22.2 Å². The van der Waals surface area contributed by atoms with Crippen molar-refractivity contribution < 1.29 is 0 Å². The first-order chi connectivity index (χ1) is 7.24. The molecule has 0 aliphatic rings. The fourth-order valence-corrected chi connectivity index (χ4v) is 1.40. The summed E-state index contributed by atoms with van der Waals surface area (Å²) in [6, 6.07) is 0. The van der Waals surface area contributed by atoms with E-state index in [4.69, 9.17) is 17.3 Å². The van der Waals surface area contributed by atoms with Gasteiger partial charge in [-0.15, -0.1) is 0 Å². The van der Waals surface area contributed by atoms with Crippen LogP contribution < -0.4 is 11.1 Å². The van der Waals surface area contributed by atoms with Crippen LogP contribution in [-0.2, 0) is 0 Å². The van der Waals surface area contributed by atoms with Crippen LogP contribution in [0.2, 0.25) is 5.28 Å². The molecule has 0 bridgehead atoms. The van der Waals surface area contributed by atoms with Crippen LogP contribution in [0.1, 0.15) is 32.6 Å². The Morgan fingerprint density at radius 2 is 2.20 bits per heavy atom. The number of hydrogen-bond acceptors (Lipinski definition) is 4. The van der Waals surface area contributed by atoms with Crippen molar-refractivity contribution in [2.45, 2.75) is 32.6 Å². The van der Waals surface area contributed by atoms with Crippen molar-refractivity contribution in [3.05, 3.63) is 11.5 Å². The molecule has 0 radical (unpaired) electrons. The zero-order valence-electron chi connectivity index (χ0n) is 8.96. The van der Waals surface area contributed by atoms with Gasteiger partial charge in [0.15, 0.2) is 5.82 Å². The highest BCUT2D eigenvalue weighted by molar-refractivity contribution is 6.28. The van der Waals surface area contributed by atoms with Gasteiger partial charge in [-0.25, -0.2) is 4.98 Å². The van der Waals surface area contributed by atoms with Gasteiger partial charge in [-0.1, -0.05) is 26.2 Å². The van der Waals surface area contributed by atoms with Crippen molar-refractivity contribution in [1.29, 1.82) is 0 Å². The minimum Gasteiger partial charge on any atom is -0.394 e. The molecule has 0 unspecified atom stereocenters. The predicted octanol–water partition coefficient (Wildman–Crippen LogP) is 2.70. The quantitative estimate of drug-likeness (QED) is 0.581. The van der Waals surface area contributed by atoms with Gasteiger partial charge in [0.1, 0.15) is 0 Å². The zero-order valence-corrected chi connectivity index (χ0v) is 9.72. The molecule has 0 spiro atoms. The zero-order chi connectivity index (χ0) is 11.1. The smallest absolute Gasteiger partial charge is 0.224 e. The lowest BCUT2D eigenvalue weighted by atomic mass is 10.2. The molecule has 0 saturated carbocycles. The Kier molecular flexibility index (Phi) is 5.18. The molecule has 0 fully saturated rings. The number of anilines is 2. The van der Waals surface area contributed by atoms with E-state index < -0.39 is 0 Å². The van der Waals surface area contributed by atoms with E-state index in [1.807, 2.05) is 0 Å². The SMILES string of the molecule is CCCCCCNc1nc(Cl)ncc1N. The molecule has 5 heteroatoms. The summed E-state index contributed by atoms with van der Waals surface area (Å²) in [4.78, 5) is 7.80. The maximum atomic E-state index is 5.68. The van der Waals surface area contributed by atoms with E-state index >= 15 is 0 Å². The van der Waals surface area contributed by atoms with E-state index in [0.717, 1.165) is 13.0 Å². The van der Waals surface area contributed by atoms with Crippen LogP contribution in [0, 0.1) is 0 Å². The summed E-state index contributed by atoms with van der Waals surface area (Å²) in [6.07, 6.45) is 6.37. The number of nitrogen functional groups attached to an aromatic ring is 1. The highest BCUT2D eigenvalue weighted by Crippen LogP contribution is 2.15. The van der Waals surface area contributed by atoms with Crippen LogP contribution in [0.25, 0.3) is 0 Å². The van der Waals surface area contributed by atoms with Crippen molar-refractivity contribution in [3.63, 3.8) is 0 Å². The number of nitrogens with two attached hydrogens (primary N) is 1. The first-order valence-corrected chi connectivity index (χ1v) is 5.63. The van der Waals surface area contributed by atoms with E-state index in [1.54, 1.807) is 0 Å². The van der Waals surface area contributed by atoms with Crippen LogP contribution in [0.4, 0.5) is 11.5 Å². The third-order valence-corrected chi connectivity index (χ3v) is 2.29. The molecule has 0 saturated heterocycles. The predicted molar refractivity (Wildman–Crippen MR) is 64.1 cm³/mol. The molecule has 84 valence electrons. The Morgan fingerprint density at radius 1 is 1.40 bits per heavy atom. The number of aromatic nitrogens is 2. The largest absolute Gasteiger partial charge is 0.394 e. The van der Waals surface area contributed by atoms with Gasteiger partial charge < -0.3 is 11.1 Å². The van der Waals surface area contributed by atoms with E-state index in [-0.39, 0.29) is 5.28 Å². The average Bonchev–Trinajstić information content (AvgIpc) is 2.23. The second-order valence-corrected chi connectivity index (χ2v) is 3.77. The number of halogens is 1. The molecule has 1 aromatic rings. The maximum Gasteiger partial charge on any atom is 0.224 e. The third kappa shape index (κ3) is 4.34. The van der Waals surface area contributed by atoms with Crippen LogP contribution in [0.5, 0.6) is 0 Å². The lowest BCUT2D eigenvalue weighted by molar-refractivity contribution is 0.684. The highest BCUT2D eigenvalue weighted by atomic mass is 35.5. The van der Waals surface area contributed by atoms with Gasteiger partial charge in [-0.05, 0) is 18.0 Å². The van der Waals surface area contributed by atoms with Crippen LogP contribution >= 0.6 is 11.6 Å². The molecule has 0 amide bonds. The molecule has 0 aliphatic carbocycles. The normalized spacial score (nSPS) is 10.3. The fourth-order valence-electron chi connectivity index (χ4n) is 1.27. The Hall–Kier alpha value is -1.03. The molecule has 1 aromatic heterocycles. The topological polar surface area (TPSA) is 63.8 Å². The monoisotopic (exact) mass is 228 g/mol. The van der Waals surface area contributed by atoms with Gasteiger partial charge in [-0.3, -0.25) is 0 Å². The highest BCUT2D eigenvalue weighted by Gasteiger charge is 2.01. The summed E-state index contributed by atoms with van der Waals surface area (Å²) in [7, 11) is 0. The molecular formula is C10H17ClN4. The Morgan fingerprint density at radius 3 is 2.93 bits per heavy atom. The van der Waals surface area contributed by atoms with Crippen molar-refractivity contribution >= 4 is 23.1 Å². The van der Waals surface area contributed by atoms with Gasteiger partial charge in [0.25, 0.3) is 0 Å². The molecule has 1 rings (SSSR count). The summed E-state index contributed by atoms with van der Waals surface area (Å²) < 4.78 is 0. The first kappa shape index (κ1) is 12.0. The minimum absolute atomic E-state index is 0.222. The van der Waals surface area contributed by atoms with Crippen molar-refractivity contribution in [2.75, 3.05) is 17.6 Å². The summed E-state index contributed by atoms with van der Waals surface area (Å²) in [5.74, 6) is 0.631. The maximum absolute atomic E-state index is 5.68. The lowest BCUT2D eigenvalue weighted by Gasteiger charge is -2.07. The second-order valence-electron chi connectivity index (χ2n) is 3.43. The molecule has 0 aromatic carbocycles. The van der Waals surface area contributed by atoms with Crippen LogP contribution in [-0.4, -0.2) is 16.5 Å². The van der Waals surface area contributed by atoms with Crippen LogP contribution in [0.3, 0.4) is 0 Å². The number of unbranched alkanes of at least 4 members (excludes halogenated alkanes) is 3. The summed E-state index contributed by atoms with van der Waals surface area (Å²) >= 11 is 5.66. The van der Waals surface area contributed by atoms with Crippen molar-refractivity contribution in [3.8, 4) is 0 Å². The molecule has 1 heterocycles. The van der Waals surface area contributed by atoms with E-state index in [1.165, 1.54) is 25.5 Å². The van der Waals surface area contributed by atoms with E-state index in [0.29, 0.717) is 11.5 Å². The summed E-state index contributed by atoms with van der Waals surface area (Å²) in [6.45, 7) is 3.06. The summed E-state index contributed by atoms with van der Waals surface area (Å²) in [5, 5.41) is 3.37. The Bertz CT molecular complexity index is 303. The number of nitrogens with one attached hydrogen (secondary N) is 1. The van der Waals surface area contributed by atoms with Gasteiger partial charge in [0, 0.05) is 6.54 Å². The van der Waals surface area contributed by atoms with E-state index in [9.17, 15) is 0 Å². The van der Waals surface area contributed by atoms with Crippen LogP contribution in [0.15, 0.2) is 6.20 Å². The first-order valence-electron chi connectivity index (χ1n) is 5.26. The fraction of sp³-hybridized carbons (Fsp3) is 0.600. The Balaban J connectivity index is 2.33. The average molecular weight is 229 g/mol. The number of nitrogens with zero attached hydrogens (tertiary/aromatic N) is 2. The molecule has 3 N–H and O–H groups in total. The molecule has 0 atom stereocenters. The Labute approximate surface area is 95.3 Å². The lowest BCUT2D eigenvalue weighted by Crippen LogP contribution is -2.06. The van der Waals surface area contributed by atoms with Gasteiger partial charge in [0.2, 0.25) is 5.28 Å². The third-order valence-electron chi connectivity index (χ3n) is 2.11. The molecular weight excluding hydrogens is 212 g/mol. The number of rotatable bonds is 6. The van der Waals surface area contributed by atoms with Gasteiger partial charge >= 0.3 is 0 Å². The standard InChI is InChI=1S/C10H17ClN4/c1-2-3-4-5-6-13-9-8(12)7-14-10(11)15-9/h7H,2-6,12H2,1H3,(H,13,14,15). The minimum atomic E-state index is 0.222. The van der Waals surface area contributed by atoms with Crippen molar-refractivity contribution in [1.82, 2.24) is 9.97 Å². The second kappa shape index (κ2) is 6.45. The van der Waals surface area contributed by atoms with Gasteiger partial charge in [-0.2, -0.15) is 4.98 Å². The van der Waals surface area contributed by atoms with Gasteiger partial charge in [0.05, 0.1) is 11.9 Å². The number of hydrogen-bond donors (Lipinski definition) is 2. The molecule has 0 aliphatic heterocycles. The molecule has 15 heavy (non-hydrogen) atoms. The molecule has 4 nitrogen and oxygen atoms in total. The summed E-state index contributed by atoms with van der Waals surface area (Å²) in [5.41, 5.74) is 6.22.